The number of thiophene rings is 1. The van der Waals surface area contributed by atoms with E-state index in [2.05, 4.69) is 10.1 Å². The zero-order chi connectivity index (χ0) is 28.3. The molecule has 1 fully saturated rings. The molecule has 39 heavy (non-hydrogen) atoms. The highest BCUT2D eigenvalue weighted by Crippen LogP contribution is 2.29. The number of carboxylic acids is 1. The van der Waals surface area contributed by atoms with Crippen LogP contribution in [-0.4, -0.2) is 59.3 Å². The van der Waals surface area contributed by atoms with Gasteiger partial charge >= 0.3 is 5.97 Å². The molecule has 3 aromatic rings. The second-order valence-corrected chi connectivity index (χ2v) is 10.0. The molecule has 13 heteroatoms. The highest BCUT2D eigenvalue weighted by molar-refractivity contribution is 7.20. The third-order valence-electron chi connectivity index (χ3n) is 6.30. The van der Waals surface area contributed by atoms with E-state index in [1.165, 1.54) is 11.3 Å². The van der Waals surface area contributed by atoms with E-state index in [4.69, 9.17) is 5.11 Å². The maximum atomic E-state index is 13.8. The molecule has 2 N–H and O–H groups in total. The Bertz CT molecular complexity index is 1380. The Morgan fingerprint density at radius 3 is 2.28 bits per heavy atom. The lowest BCUT2D eigenvalue weighted by Gasteiger charge is -2.31. The van der Waals surface area contributed by atoms with Gasteiger partial charge in [-0.15, -0.1) is 11.3 Å². The molecular formula is C26H22F4N2O6S. The summed E-state index contributed by atoms with van der Waals surface area (Å²) in [5, 5.41) is 12.4. The van der Waals surface area contributed by atoms with Gasteiger partial charge in [-0.3, -0.25) is 19.2 Å². The van der Waals surface area contributed by atoms with Crippen LogP contribution in [0.2, 0.25) is 0 Å². The molecule has 0 unspecified atom stereocenters. The van der Waals surface area contributed by atoms with Crippen LogP contribution in [0.4, 0.5) is 17.6 Å². The number of nitrogens with one attached hydrogen (secondary N) is 1. The summed E-state index contributed by atoms with van der Waals surface area (Å²) in [4.78, 5) is 51.7. The van der Waals surface area contributed by atoms with Gasteiger partial charge in [-0.05, 0) is 30.4 Å². The Hall–Kier alpha value is -4.00. The lowest BCUT2D eigenvalue weighted by Crippen LogP contribution is -2.49. The number of ketones is 1. The fourth-order valence-electron chi connectivity index (χ4n) is 4.22. The van der Waals surface area contributed by atoms with Crippen molar-refractivity contribution in [2.75, 3.05) is 19.7 Å². The molecule has 1 saturated heterocycles. The number of carbonyl (C=O) groups is 4. The molecule has 2 aromatic carbocycles. The number of aliphatic carboxylic acids is 1. The fourth-order valence-corrected chi connectivity index (χ4v) is 5.25. The third kappa shape index (κ3) is 6.36. The fraction of sp³-hybridized carbons (Fsp3) is 0.308. The minimum absolute atomic E-state index is 0.0336. The molecule has 1 aliphatic heterocycles. The summed E-state index contributed by atoms with van der Waals surface area (Å²) in [5.41, 5.74) is 0. The van der Waals surface area contributed by atoms with Crippen LogP contribution < -0.4 is 10.1 Å². The molecule has 0 radical (unpaired) electrons. The molecule has 0 aliphatic carbocycles. The normalized spacial score (nSPS) is 14.7. The quantitative estimate of drug-likeness (QED) is 0.300. The summed E-state index contributed by atoms with van der Waals surface area (Å²) < 4.78 is 59.9. The van der Waals surface area contributed by atoms with Crippen LogP contribution in [0.5, 0.6) is 5.75 Å². The van der Waals surface area contributed by atoms with Crippen LogP contribution in [-0.2, 0) is 14.4 Å². The molecule has 0 spiro atoms. The first kappa shape index (κ1) is 28.0. The molecule has 0 saturated carbocycles. The molecule has 1 aromatic heterocycles. The Morgan fingerprint density at radius 2 is 1.67 bits per heavy atom. The Kier molecular flexibility index (Phi) is 8.48. The van der Waals surface area contributed by atoms with Crippen LogP contribution in [0.15, 0.2) is 36.4 Å². The topological polar surface area (TPSA) is 113 Å². The van der Waals surface area contributed by atoms with E-state index in [9.17, 15) is 36.7 Å². The number of amides is 2. The number of halogens is 4. The van der Waals surface area contributed by atoms with Crippen molar-refractivity contribution >= 4 is 45.0 Å². The van der Waals surface area contributed by atoms with Crippen molar-refractivity contribution in [3.8, 4) is 5.75 Å². The summed E-state index contributed by atoms with van der Waals surface area (Å²) in [6.07, 6.45) is -0.350. The van der Waals surface area contributed by atoms with Crippen molar-refractivity contribution in [2.24, 2.45) is 5.92 Å². The third-order valence-corrected chi connectivity index (χ3v) is 7.41. The monoisotopic (exact) mass is 566 g/mol. The number of fused-ring (bicyclic) bond motifs is 1. The summed E-state index contributed by atoms with van der Waals surface area (Å²) in [7, 11) is 0. The largest absolute Gasteiger partial charge is 0.481 e. The summed E-state index contributed by atoms with van der Waals surface area (Å²) in [5.74, 6) is -12.7. The van der Waals surface area contributed by atoms with Crippen LogP contribution in [0, 0.1) is 29.2 Å². The van der Waals surface area contributed by atoms with Crippen molar-refractivity contribution in [3.63, 3.8) is 0 Å². The maximum Gasteiger partial charge on any atom is 0.305 e. The Balaban J connectivity index is 1.35. The Labute approximate surface area is 223 Å². The number of hydrogen-bond acceptors (Lipinski definition) is 6. The van der Waals surface area contributed by atoms with E-state index in [0.717, 1.165) is 10.1 Å². The van der Waals surface area contributed by atoms with E-state index < -0.39 is 71.7 Å². The van der Waals surface area contributed by atoms with E-state index in [-0.39, 0.29) is 37.9 Å². The number of piperidine rings is 1. The molecule has 0 bridgehead atoms. The summed E-state index contributed by atoms with van der Waals surface area (Å²) in [6.45, 7) is -0.637. The highest BCUT2D eigenvalue weighted by atomic mass is 32.1. The van der Waals surface area contributed by atoms with E-state index in [0.29, 0.717) is 4.88 Å². The van der Waals surface area contributed by atoms with Gasteiger partial charge in [-0.2, -0.15) is 8.78 Å². The van der Waals surface area contributed by atoms with Crippen LogP contribution in [0.1, 0.15) is 28.9 Å². The molecule has 1 aliphatic rings. The average Bonchev–Trinajstić information content (AvgIpc) is 3.35. The number of carboxylic acid groups (broad SMARTS) is 1. The van der Waals surface area contributed by atoms with Gasteiger partial charge < -0.3 is 20.1 Å². The van der Waals surface area contributed by atoms with Gasteiger partial charge in [0.05, 0.1) is 11.3 Å². The lowest BCUT2D eigenvalue weighted by molar-refractivity contribution is -0.141. The number of Topliss-reactive ketones (excluding diaryl/α,β-unsaturated/α-hetero) is 1. The standard InChI is InChI=1S/C26H22F4N2O6S/c27-15-10-16(28)23(30)24(22(15)29)38-12-18(33)17(11-21(34)35)31-25(36)13-5-7-32(8-6-13)26(37)20-9-14-3-1-2-4-19(14)39-20/h1-4,9-10,13,17H,5-8,11-12H2,(H,31,36)(H,34,35)/t17-/m0/s1. The molecule has 2 heterocycles. The molecule has 2 amide bonds. The van der Waals surface area contributed by atoms with Gasteiger partial charge in [0.15, 0.2) is 23.2 Å². The minimum Gasteiger partial charge on any atom is -0.481 e. The van der Waals surface area contributed by atoms with Gasteiger partial charge in [0.2, 0.25) is 17.5 Å². The predicted octanol–water partition coefficient (Wildman–Crippen LogP) is 3.92. The second-order valence-electron chi connectivity index (χ2n) is 8.93. The molecule has 1 atom stereocenters. The zero-order valence-corrected chi connectivity index (χ0v) is 21.0. The van der Waals surface area contributed by atoms with Crippen molar-refractivity contribution in [1.82, 2.24) is 10.2 Å². The number of rotatable bonds is 9. The van der Waals surface area contributed by atoms with E-state index in [1.807, 2.05) is 24.3 Å². The summed E-state index contributed by atoms with van der Waals surface area (Å²) >= 11 is 1.37. The highest BCUT2D eigenvalue weighted by Gasteiger charge is 2.32. The number of ether oxygens (including phenoxy) is 1. The van der Waals surface area contributed by atoms with Crippen LogP contribution in [0.3, 0.4) is 0 Å². The maximum absolute atomic E-state index is 13.8. The van der Waals surface area contributed by atoms with Gasteiger partial charge in [0, 0.05) is 29.8 Å². The van der Waals surface area contributed by atoms with Gasteiger partial charge in [-0.25, -0.2) is 8.78 Å². The molecular weight excluding hydrogens is 544 g/mol. The van der Waals surface area contributed by atoms with Gasteiger partial charge in [0.1, 0.15) is 12.6 Å². The first-order chi connectivity index (χ1) is 18.5. The SMILES string of the molecule is O=C(O)C[C@H](NC(=O)C1CCN(C(=O)c2cc3ccccc3s2)CC1)C(=O)COc1c(F)c(F)cc(F)c1F. The smallest absolute Gasteiger partial charge is 0.305 e. The molecule has 4 rings (SSSR count). The number of benzene rings is 2. The van der Waals surface area contributed by atoms with Crippen molar-refractivity contribution < 1.29 is 46.6 Å². The van der Waals surface area contributed by atoms with Crippen molar-refractivity contribution in [1.29, 1.82) is 0 Å². The average molecular weight is 567 g/mol. The van der Waals surface area contributed by atoms with Crippen LogP contribution in [0.25, 0.3) is 10.1 Å². The minimum atomic E-state index is -1.86. The number of nitrogens with zero attached hydrogens (tertiary/aromatic N) is 1. The molecule has 206 valence electrons. The van der Waals surface area contributed by atoms with Crippen molar-refractivity contribution in [3.05, 3.63) is 64.5 Å². The zero-order valence-electron chi connectivity index (χ0n) is 20.2. The van der Waals surface area contributed by atoms with Crippen LogP contribution >= 0.6 is 11.3 Å². The number of likely N-dealkylation sites (tertiary alicyclic amines) is 1. The first-order valence-electron chi connectivity index (χ1n) is 11.8. The first-order valence-corrected chi connectivity index (χ1v) is 12.6. The lowest BCUT2D eigenvalue weighted by atomic mass is 9.95. The van der Waals surface area contributed by atoms with Gasteiger partial charge in [0.25, 0.3) is 5.91 Å². The van der Waals surface area contributed by atoms with Crippen molar-refractivity contribution in [2.45, 2.75) is 25.3 Å². The molecule has 8 nitrogen and oxygen atoms in total. The van der Waals surface area contributed by atoms with Gasteiger partial charge in [-0.1, -0.05) is 18.2 Å². The number of carbonyl (C=O) groups excluding carboxylic acids is 3. The van der Waals surface area contributed by atoms with E-state index in [1.54, 1.807) is 11.0 Å². The summed E-state index contributed by atoms with van der Waals surface area (Å²) in [6, 6.07) is 7.72. The predicted molar refractivity (Wildman–Crippen MR) is 131 cm³/mol. The second kappa shape index (κ2) is 11.8. The number of hydrogen-bond donors (Lipinski definition) is 2. The van der Waals surface area contributed by atoms with E-state index >= 15 is 0 Å². The Morgan fingerprint density at radius 1 is 1.03 bits per heavy atom.